The average molecular weight is 523 g/mol. The molecule has 1 N–H and O–H groups in total. The van der Waals surface area contributed by atoms with Crippen molar-refractivity contribution in [2.45, 2.75) is 60.2 Å². The zero-order valence-electron chi connectivity index (χ0n) is 21.3. The molecule has 0 aliphatic rings. The van der Waals surface area contributed by atoms with Crippen LogP contribution < -0.4 is 0 Å². The van der Waals surface area contributed by atoms with Gasteiger partial charge in [-0.15, -0.1) is 35.5 Å². The Morgan fingerprint density at radius 2 is 1.22 bits per heavy atom. The summed E-state index contributed by atoms with van der Waals surface area (Å²) in [5, 5.41) is 0. The van der Waals surface area contributed by atoms with Crippen LogP contribution in [0.1, 0.15) is 47.2 Å². The molecule has 0 spiro atoms. The molecular weight excluding hydrogens is 482 g/mol. The maximum Gasteiger partial charge on any atom is 4.00 e. The van der Waals surface area contributed by atoms with Gasteiger partial charge in [-0.1, -0.05) is 66.8 Å². The molecule has 32 heavy (non-hydrogen) atoms. The molecule has 0 bridgehead atoms. The van der Waals surface area contributed by atoms with Gasteiger partial charge in [0.05, 0.1) is 0 Å². The minimum Gasteiger partial charge on any atom is -0.669 e. The van der Waals surface area contributed by atoms with Gasteiger partial charge in [-0.05, 0) is 8.41 Å². The van der Waals surface area contributed by atoms with Gasteiger partial charge in [-0.2, -0.15) is 77.6 Å². The van der Waals surface area contributed by atoms with Gasteiger partial charge in [-0.3, -0.25) is 0 Å². The van der Waals surface area contributed by atoms with E-state index >= 15 is 0 Å². The maximum atomic E-state index is 7.43. The van der Waals surface area contributed by atoms with Crippen LogP contribution >= 0.6 is 0 Å². The van der Waals surface area contributed by atoms with Crippen molar-refractivity contribution in [1.82, 2.24) is 0 Å². The summed E-state index contributed by atoms with van der Waals surface area (Å²) < 4.78 is 0. The predicted octanol–water partition coefficient (Wildman–Crippen LogP) is 8.33. The Labute approximate surface area is 219 Å². The molecule has 3 aromatic rings. The van der Waals surface area contributed by atoms with Crippen LogP contribution in [-0.2, 0) is 26.2 Å². The summed E-state index contributed by atoms with van der Waals surface area (Å²) in [6.45, 7) is 24.4. The Kier molecular flexibility index (Phi) is 17.3. The molecule has 0 unspecified atom stereocenters. The molecule has 0 heterocycles. The van der Waals surface area contributed by atoms with Crippen LogP contribution in [0.2, 0.25) is 13.1 Å². The molecule has 3 heteroatoms. The van der Waals surface area contributed by atoms with E-state index in [-0.39, 0.29) is 40.2 Å². The van der Waals surface area contributed by atoms with E-state index in [9.17, 15) is 0 Å². The van der Waals surface area contributed by atoms with E-state index in [0.717, 1.165) is 11.1 Å². The quantitative estimate of drug-likeness (QED) is 0.226. The Balaban J connectivity index is 0. The molecule has 0 saturated carbocycles. The van der Waals surface area contributed by atoms with Crippen molar-refractivity contribution in [3.05, 3.63) is 120 Å². The first-order valence-electron chi connectivity index (χ1n) is 10.7. The number of rotatable bonds is 1. The second-order valence-electron chi connectivity index (χ2n) is 8.67. The van der Waals surface area contributed by atoms with E-state index in [4.69, 9.17) is 5.73 Å². The number of nitrogens with one attached hydrogen (secondary N) is 1. The van der Waals surface area contributed by atoms with Crippen molar-refractivity contribution in [3.63, 3.8) is 0 Å². The SMILES string of the molecule is C[Si](C)=CC(C)(C)[NH-].Cc1c[c-](C)c(C)c1C.[CH2-]c1ccccc1.[CH2-]c1ccccc1.[Zr+4]. The van der Waals surface area contributed by atoms with E-state index in [1.807, 2.05) is 74.5 Å². The van der Waals surface area contributed by atoms with Gasteiger partial charge >= 0.3 is 26.2 Å². The molecule has 0 aromatic heterocycles. The molecular formula is C29H41NSiZr. The van der Waals surface area contributed by atoms with Gasteiger partial charge in [0.2, 0.25) is 0 Å². The summed E-state index contributed by atoms with van der Waals surface area (Å²) >= 11 is 0. The maximum absolute atomic E-state index is 7.43. The Bertz CT molecular complexity index is 824. The van der Waals surface area contributed by atoms with Crippen molar-refractivity contribution in [2.75, 3.05) is 0 Å². The third-order valence-corrected chi connectivity index (χ3v) is 5.81. The number of benzene rings is 2. The normalized spacial score (nSPS) is 9.41. The number of hydrogen-bond donors (Lipinski definition) is 0. The summed E-state index contributed by atoms with van der Waals surface area (Å²) in [7, 11) is -0.305. The van der Waals surface area contributed by atoms with Gasteiger partial charge in [0, 0.05) is 0 Å². The molecule has 0 amide bonds. The number of hydrogen-bond acceptors (Lipinski definition) is 0. The van der Waals surface area contributed by atoms with E-state index in [1.54, 1.807) is 0 Å². The summed E-state index contributed by atoms with van der Waals surface area (Å²) in [5.41, 5.74) is 17.1. The fraction of sp³-hybridized carbons (Fsp3) is 0.310. The topological polar surface area (TPSA) is 23.8 Å². The minimum atomic E-state index is -0.308. The third-order valence-electron chi connectivity index (χ3n) is 4.51. The van der Waals surface area contributed by atoms with Crippen molar-refractivity contribution in [3.8, 4) is 0 Å². The van der Waals surface area contributed by atoms with Gasteiger partial charge in [-0.25, -0.2) is 0 Å². The van der Waals surface area contributed by atoms with E-state index in [1.165, 1.54) is 22.3 Å². The van der Waals surface area contributed by atoms with E-state index in [2.05, 4.69) is 66.4 Å². The van der Waals surface area contributed by atoms with Crippen molar-refractivity contribution in [2.24, 2.45) is 0 Å². The molecule has 0 atom stereocenters. The fourth-order valence-electron chi connectivity index (χ4n) is 2.81. The van der Waals surface area contributed by atoms with E-state index < -0.39 is 0 Å². The van der Waals surface area contributed by atoms with Crippen LogP contribution in [0.25, 0.3) is 5.73 Å². The minimum absolute atomic E-state index is 0. The first-order valence-corrected chi connectivity index (χ1v) is 13.3. The van der Waals surface area contributed by atoms with Gasteiger partial charge < -0.3 is 5.73 Å². The monoisotopic (exact) mass is 521 g/mol. The average Bonchev–Trinajstić information content (AvgIpc) is 2.88. The van der Waals surface area contributed by atoms with Crippen molar-refractivity contribution >= 4 is 14.1 Å². The summed E-state index contributed by atoms with van der Waals surface area (Å²) in [5.74, 6) is 0. The van der Waals surface area contributed by atoms with Gasteiger partial charge in [0.1, 0.15) is 0 Å². The number of aryl methyl sites for hydroxylation is 2. The first-order chi connectivity index (χ1) is 14.3. The van der Waals surface area contributed by atoms with Crippen LogP contribution in [0.3, 0.4) is 0 Å². The summed E-state index contributed by atoms with van der Waals surface area (Å²) in [4.78, 5) is 0. The molecule has 0 saturated heterocycles. The van der Waals surface area contributed by atoms with Gasteiger partial charge in [0.25, 0.3) is 0 Å². The zero-order valence-corrected chi connectivity index (χ0v) is 24.8. The largest absolute Gasteiger partial charge is 4.00 e. The molecule has 1 nitrogen and oxygen atoms in total. The molecule has 3 rings (SSSR count). The predicted molar refractivity (Wildman–Crippen MR) is 145 cm³/mol. The Morgan fingerprint density at radius 3 is 1.31 bits per heavy atom. The van der Waals surface area contributed by atoms with Crippen LogP contribution in [-0.4, -0.2) is 19.6 Å². The molecule has 0 aliphatic heterocycles. The molecule has 0 aliphatic carbocycles. The standard InChI is InChI=1S/C9H13.2C7H7.C6H14NSi.Zr/c1-6-5-7(2)9(4)8(6)3;2*1-7-5-3-2-4-6-7;1-6(2,7)5-8(3)4;/h5H,1-4H3;2*2-6H,1H2;5,7H,1-4H3;/q4*-1;+4. The van der Waals surface area contributed by atoms with E-state index in [0.29, 0.717) is 0 Å². The first kappa shape index (κ1) is 32.6. The summed E-state index contributed by atoms with van der Waals surface area (Å²) in [6.07, 6.45) is 0. The molecule has 0 radical (unpaired) electrons. The van der Waals surface area contributed by atoms with Crippen LogP contribution in [0.4, 0.5) is 0 Å². The fourth-order valence-corrected chi connectivity index (χ4v) is 4.25. The Morgan fingerprint density at radius 1 is 0.844 bits per heavy atom. The zero-order chi connectivity index (χ0) is 24.0. The van der Waals surface area contributed by atoms with Crippen LogP contribution in [0, 0.1) is 41.5 Å². The second kappa shape index (κ2) is 17.0. The smallest absolute Gasteiger partial charge is 0.669 e. The van der Waals surface area contributed by atoms with Crippen LogP contribution in [0.15, 0.2) is 66.7 Å². The van der Waals surface area contributed by atoms with Crippen molar-refractivity contribution < 1.29 is 26.2 Å². The molecule has 3 aromatic carbocycles. The molecule has 0 fully saturated rings. The summed E-state index contributed by atoms with van der Waals surface area (Å²) in [6, 6.07) is 22.0. The van der Waals surface area contributed by atoms with Crippen LogP contribution in [0.5, 0.6) is 0 Å². The van der Waals surface area contributed by atoms with Crippen molar-refractivity contribution in [1.29, 1.82) is 0 Å². The second-order valence-corrected chi connectivity index (χ2v) is 11.1. The van der Waals surface area contributed by atoms with Gasteiger partial charge in [0.15, 0.2) is 0 Å². The third kappa shape index (κ3) is 17.1. The Hall–Kier alpha value is -1.54. The molecule has 170 valence electrons.